The van der Waals surface area contributed by atoms with Crippen LogP contribution in [0.15, 0.2) is 0 Å². The van der Waals surface area contributed by atoms with Gasteiger partial charge in [0.05, 0.1) is 0 Å². The molecule has 1 aliphatic rings. The number of nitrogens with zero attached hydrogens (tertiary/aromatic N) is 1. The highest BCUT2D eigenvalue weighted by molar-refractivity contribution is 5.86. The monoisotopic (exact) mass is 171 g/mol. The number of alkyl halides is 1. The molecule has 4 nitrogen and oxygen atoms in total. The second-order valence-corrected chi connectivity index (χ2v) is 2.91. The van der Waals surface area contributed by atoms with E-state index in [2.05, 4.69) is 10.6 Å². The number of halogens is 1. The Morgan fingerprint density at radius 2 is 2.33 bits per heavy atom. The molecule has 1 aliphatic carbocycles. The standard InChI is InChI=1S/C7H10FN3O/c1-10-6(12)7(8)2-5(3-7)11-4-9/h5,11H,2-3H2,1H3,(H,10,12). The van der Waals surface area contributed by atoms with Crippen LogP contribution in [0.1, 0.15) is 12.8 Å². The molecule has 1 rings (SSSR count). The lowest BCUT2D eigenvalue weighted by Crippen LogP contribution is -2.57. The maximum Gasteiger partial charge on any atom is 0.257 e. The first-order chi connectivity index (χ1) is 5.62. The third-order valence-electron chi connectivity index (χ3n) is 2.04. The van der Waals surface area contributed by atoms with Crippen LogP contribution in [-0.2, 0) is 4.79 Å². The van der Waals surface area contributed by atoms with Gasteiger partial charge in [0, 0.05) is 25.9 Å². The maximum absolute atomic E-state index is 13.3. The van der Waals surface area contributed by atoms with E-state index >= 15 is 0 Å². The molecule has 1 fully saturated rings. The zero-order valence-corrected chi connectivity index (χ0v) is 6.72. The summed E-state index contributed by atoms with van der Waals surface area (Å²) in [5, 5.41) is 12.8. The first-order valence-corrected chi connectivity index (χ1v) is 3.68. The second kappa shape index (κ2) is 2.97. The van der Waals surface area contributed by atoms with Crippen LogP contribution in [0.4, 0.5) is 4.39 Å². The van der Waals surface area contributed by atoms with Gasteiger partial charge in [0.15, 0.2) is 11.9 Å². The van der Waals surface area contributed by atoms with Gasteiger partial charge in [-0.25, -0.2) is 4.39 Å². The van der Waals surface area contributed by atoms with Crippen molar-refractivity contribution in [3.8, 4) is 6.19 Å². The first kappa shape index (κ1) is 8.78. The molecule has 0 unspecified atom stereocenters. The van der Waals surface area contributed by atoms with E-state index in [1.807, 2.05) is 0 Å². The predicted octanol–water partition coefficient (Wildman–Crippen LogP) is -0.326. The van der Waals surface area contributed by atoms with Crippen molar-refractivity contribution in [2.24, 2.45) is 0 Å². The Morgan fingerprint density at radius 3 is 2.75 bits per heavy atom. The van der Waals surface area contributed by atoms with Crippen LogP contribution in [0.5, 0.6) is 0 Å². The van der Waals surface area contributed by atoms with E-state index < -0.39 is 11.6 Å². The molecule has 0 radical (unpaired) electrons. The molecule has 1 saturated carbocycles. The normalized spacial score (nSPS) is 32.9. The zero-order chi connectivity index (χ0) is 9.19. The van der Waals surface area contributed by atoms with Crippen LogP contribution in [0, 0.1) is 11.5 Å². The van der Waals surface area contributed by atoms with Gasteiger partial charge in [0.2, 0.25) is 0 Å². The fourth-order valence-electron chi connectivity index (χ4n) is 1.32. The van der Waals surface area contributed by atoms with Crippen molar-refractivity contribution < 1.29 is 9.18 Å². The number of amides is 1. The molecule has 2 N–H and O–H groups in total. The summed E-state index contributed by atoms with van der Waals surface area (Å²) >= 11 is 0. The fraction of sp³-hybridized carbons (Fsp3) is 0.714. The van der Waals surface area contributed by atoms with E-state index in [1.165, 1.54) is 7.05 Å². The van der Waals surface area contributed by atoms with Crippen molar-refractivity contribution in [1.29, 1.82) is 5.26 Å². The van der Waals surface area contributed by atoms with E-state index in [-0.39, 0.29) is 18.9 Å². The lowest BCUT2D eigenvalue weighted by Gasteiger charge is -2.38. The van der Waals surface area contributed by atoms with Crippen molar-refractivity contribution in [2.45, 2.75) is 24.6 Å². The summed E-state index contributed by atoms with van der Waals surface area (Å²) in [6.07, 6.45) is 1.88. The first-order valence-electron chi connectivity index (χ1n) is 3.68. The zero-order valence-electron chi connectivity index (χ0n) is 6.72. The Morgan fingerprint density at radius 1 is 1.75 bits per heavy atom. The molecule has 0 saturated heterocycles. The molecule has 1 amide bonds. The smallest absolute Gasteiger partial charge is 0.257 e. The van der Waals surface area contributed by atoms with Gasteiger partial charge in [-0.2, -0.15) is 5.26 Å². The molecular formula is C7H10FN3O. The predicted molar refractivity (Wildman–Crippen MR) is 39.7 cm³/mol. The Hall–Kier alpha value is -1.31. The molecule has 0 aliphatic heterocycles. The Labute approximate surface area is 69.7 Å². The average Bonchev–Trinajstić information content (AvgIpc) is 2.00. The number of hydrogen-bond donors (Lipinski definition) is 2. The van der Waals surface area contributed by atoms with Crippen molar-refractivity contribution >= 4 is 5.91 Å². The molecule has 0 heterocycles. The fourth-order valence-corrected chi connectivity index (χ4v) is 1.32. The van der Waals surface area contributed by atoms with E-state index in [4.69, 9.17) is 5.26 Å². The molecule has 12 heavy (non-hydrogen) atoms. The maximum atomic E-state index is 13.3. The van der Waals surface area contributed by atoms with Crippen LogP contribution < -0.4 is 10.6 Å². The lowest BCUT2D eigenvalue weighted by molar-refractivity contribution is -0.139. The molecule has 0 atom stereocenters. The summed E-state index contributed by atoms with van der Waals surface area (Å²) in [7, 11) is 1.40. The highest BCUT2D eigenvalue weighted by Crippen LogP contribution is 2.36. The number of nitriles is 1. The van der Waals surface area contributed by atoms with E-state index in [0.29, 0.717) is 0 Å². The summed E-state index contributed by atoms with van der Waals surface area (Å²) in [5.41, 5.74) is -1.76. The van der Waals surface area contributed by atoms with Gasteiger partial charge in [-0.1, -0.05) is 0 Å². The number of hydrogen-bond acceptors (Lipinski definition) is 3. The molecule has 0 aromatic heterocycles. The van der Waals surface area contributed by atoms with Gasteiger partial charge in [-0.3, -0.25) is 4.79 Å². The largest absolute Gasteiger partial charge is 0.356 e. The van der Waals surface area contributed by atoms with Crippen LogP contribution in [-0.4, -0.2) is 24.7 Å². The van der Waals surface area contributed by atoms with Gasteiger partial charge in [0.1, 0.15) is 0 Å². The molecular weight excluding hydrogens is 161 g/mol. The van der Waals surface area contributed by atoms with Gasteiger partial charge < -0.3 is 10.6 Å². The third kappa shape index (κ3) is 1.33. The highest BCUT2D eigenvalue weighted by Gasteiger charge is 2.50. The summed E-state index contributed by atoms with van der Waals surface area (Å²) < 4.78 is 13.3. The van der Waals surface area contributed by atoms with Gasteiger partial charge in [-0.15, -0.1) is 0 Å². The third-order valence-corrected chi connectivity index (χ3v) is 2.04. The van der Waals surface area contributed by atoms with Crippen LogP contribution in [0.3, 0.4) is 0 Å². The van der Waals surface area contributed by atoms with Crippen LogP contribution >= 0.6 is 0 Å². The van der Waals surface area contributed by atoms with Crippen molar-refractivity contribution in [1.82, 2.24) is 10.6 Å². The summed E-state index contributed by atoms with van der Waals surface area (Å²) in [5.74, 6) is -0.599. The SMILES string of the molecule is CNC(=O)C1(F)CC(NC#N)C1. The van der Waals surface area contributed by atoms with Crippen LogP contribution in [0.2, 0.25) is 0 Å². The highest BCUT2D eigenvalue weighted by atomic mass is 19.1. The van der Waals surface area contributed by atoms with Crippen LogP contribution in [0.25, 0.3) is 0 Å². The molecule has 66 valence electrons. The number of carbonyl (C=O) groups is 1. The number of rotatable bonds is 2. The Balaban J connectivity index is 2.40. The molecule has 0 bridgehead atoms. The number of carbonyl (C=O) groups excluding carboxylic acids is 1. The minimum Gasteiger partial charge on any atom is -0.356 e. The number of nitrogens with one attached hydrogen (secondary N) is 2. The minimum atomic E-state index is -1.76. The quantitative estimate of drug-likeness (QED) is 0.442. The van der Waals surface area contributed by atoms with Gasteiger partial charge in [0.25, 0.3) is 5.91 Å². The Bertz CT molecular complexity index is 229. The van der Waals surface area contributed by atoms with Crippen molar-refractivity contribution in [3.05, 3.63) is 0 Å². The van der Waals surface area contributed by atoms with Gasteiger partial charge >= 0.3 is 0 Å². The Kier molecular flexibility index (Phi) is 2.18. The molecule has 0 spiro atoms. The van der Waals surface area contributed by atoms with Crippen molar-refractivity contribution in [2.75, 3.05) is 7.05 Å². The van der Waals surface area contributed by atoms with Crippen molar-refractivity contribution in [3.63, 3.8) is 0 Å². The topological polar surface area (TPSA) is 64.9 Å². The molecule has 0 aromatic rings. The van der Waals surface area contributed by atoms with Gasteiger partial charge in [-0.05, 0) is 0 Å². The second-order valence-electron chi connectivity index (χ2n) is 2.91. The lowest BCUT2D eigenvalue weighted by atomic mass is 9.76. The summed E-state index contributed by atoms with van der Waals surface area (Å²) in [6.45, 7) is 0. The summed E-state index contributed by atoms with van der Waals surface area (Å²) in [4.78, 5) is 10.9. The van der Waals surface area contributed by atoms with E-state index in [9.17, 15) is 9.18 Å². The molecule has 0 aromatic carbocycles. The van der Waals surface area contributed by atoms with E-state index in [1.54, 1.807) is 6.19 Å². The molecule has 5 heteroatoms. The minimum absolute atomic E-state index is 0.0836. The van der Waals surface area contributed by atoms with E-state index in [0.717, 1.165) is 0 Å². The summed E-state index contributed by atoms with van der Waals surface area (Å²) in [6, 6.07) is -0.183. The average molecular weight is 171 g/mol.